The Morgan fingerprint density at radius 3 is 2.09 bits per heavy atom. The second kappa shape index (κ2) is 7.57. The molecule has 7 heteroatoms. The summed E-state index contributed by atoms with van der Waals surface area (Å²) in [6, 6.07) is 5.49. The number of hydrogen-bond acceptors (Lipinski definition) is 5. The van der Waals surface area contributed by atoms with Crippen LogP contribution in [0, 0.1) is 41.4 Å². The van der Waals surface area contributed by atoms with E-state index in [1.807, 2.05) is 13.8 Å². The Morgan fingerprint density at radius 1 is 1.00 bits per heavy atom. The molecule has 0 aromatic heterocycles. The lowest BCUT2D eigenvalue weighted by Gasteiger charge is -2.37. The van der Waals surface area contributed by atoms with Crippen molar-refractivity contribution in [2.75, 3.05) is 11.9 Å². The minimum Gasteiger partial charge on any atom is -0.462 e. The minimum absolute atomic E-state index is 0.134. The third kappa shape index (κ3) is 3.26. The number of rotatable bonds is 6. The van der Waals surface area contributed by atoms with Gasteiger partial charge < -0.3 is 10.1 Å². The molecule has 4 aliphatic carbocycles. The zero-order valence-corrected chi connectivity index (χ0v) is 18.5. The lowest BCUT2D eigenvalue weighted by Crippen LogP contribution is -2.46. The van der Waals surface area contributed by atoms with Crippen molar-refractivity contribution in [3.8, 4) is 0 Å². The predicted molar refractivity (Wildman–Crippen MR) is 116 cm³/mol. The summed E-state index contributed by atoms with van der Waals surface area (Å²) < 4.78 is 5.21. The first kappa shape index (κ1) is 20.9. The second-order valence-corrected chi connectivity index (χ2v) is 9.94. The molecule has 0 unspecified atom stereocenters. The van der Waals surface area contributed by atoms with E-state index in [0.29, 0.717) is 29.7 Å². The SMILES string of the molecule is CC(C)COC(=O)c1ccc(NC(=O)[C@H](C)N2C(=O)[C@@H]3[C@H]4C=C[C@@H]([C@@H]5C[C@@H]45)[C@H]3C2=O)cc1. The highest BCUT2D eigenvalue weighted by atomic mass is 16.5. The molecule has 1 aromatic carbocycles. The molecule has 1 aliphatic heterocycles. The first-order chi connectivity index (χ1) is 15.3. The molecule has 1 N–H and O–H groups in total. The normalized spacial score (nSPS) is 32.6. The average Bonchev–Trinajstić information content (AvgIpc) is 3.55. The molecule has 168 valence electrons. The summed E-state index contributed by atoms with van der Waals surface area (Å²) in [5, 5.41) is 2.76. The van der Waals surface area contributed by atoms with Gasteiger partial charge in [0, 0.05) is 5.69 Å². The van der Waals surface area contributed by atoms with Crippen LogP contribution in [-0.4, -0.2) is 41.2 Å². The Hall–Kier alpha value is -2.96. The molecule has 1 heterocycles. The van der Waals surface area contributed by atoms with E-state index in [1.54, 1.807) is 31.2 Å². The van der Waals surface area contributed by atoms with Gasteiger partial charge in [-0.25, -0.2) is 4.79 Å². The number of carbonyl (C=O) groups excluding carboxylic acids is 4. The van der Waals surface area contributed by atoms with Crippen molar-refractivity contribution in [2.24, 2.45) is 41.4 Å². The Labute approximate surface area is 187 Å². The van der Waals surface area contributed by atoms with Crippen LogP contribution in [0.5, 0.6) is 0 Å². The molecule has 1 aromatic rings. The van der Waals surface area contributed by atoms with Crippen molar-refractivity contribution in [1.29, 1.82) is 0 Å². The Morgan fingerprint density at radius 2 is 1.56 bits per heavy atom. The fraction of sp³-hybridized carbons (Fsp3) is 0.520. The zero-order chi connectivity index (χ0) is 22.7. The number of allylic oxidation sites excluding steroid dienone is 2. The molecule has 1 saturated heterocycles. The van der Waals surface area contributed by atoms with Crippen molar-refractivity contribution in [3.63, 3.8) is 0 Å². The Balaban J connectivity index is 1.24. The molecule has 3 amide bonds. The number of nitrogens with one attached hydrogen (secondary N) is 1. The number of anilines is 1. The summed E-state index contributed by atoms with van der Waals surface area (Å²) in [5.74, 6) is -0.324. The molecular formula is C25H28N2O5. The molecule has 0 radical (unpaired) electrons. The topological polar surface area (TPSA) is 92.8 Å². The van der Waals surface area contributed by atoms with Crippen LogP contribution in [0.15, 0.2) is 36.4 Å². The fourth-order valence-corrected chi connectivity index (χ4v) is 5.74. The van der Waals surface area contributed by atoms with Crippen LogP contribution >= 0.6 is 0 Å². The lowest BCUT2D eigenvalue weighted by atomic mass is 9.63. The molecule has 3 fully saturated rings. The summed E-state index contributed by atoms with van der Waals surface area (Å²) in [6.07, 6.45) is 5.34. The number of hydrogen-bond donors (Lipinski definition) is 1. The Kier molecular flexibility index (Phi) is 4.95. The molecule has 32 heavy (non-hydrogen) atoms. The van der Waals surface area contributed by atoms with Gasteiger partial charge in [-0.2, -0.15) is 0 Å². The summed E-state index contributed by atoms with van der Waals surface area (Å²) >= 11 is 0. The predicted octanol–water partition coefficient (Wildman–Crippen LogP) is 2.88. The van der Waals surface area contributed by atoms with Crippen molar-refractivity contribution in [2.45, 2.75) is 33.2 Å². The van der Waals surface area contributed by atoms with E-state index in [4.69, 9.17) is 4.74 Å². The molecule has 2 saturated carbocycles. The van der Waals surface area contributed by atoms with Crippen molar-refractivity contribution >= 4 is 29.4 Å². The largest absolute Gasteiger partial charge is 0.462 e. The van der Waals surface area contributed by atoms with Gasteiger partial charge in [0.2, 0.25) is 17.7 Å². The van der Waals surface area contributed by atoms with Gasteiger partial charge in [-0.1, -0.05) is 26.0 Å². The smallest absolute Gasteiger partial charge is 0.338 e. The van der Waals surface area contributed by atoms with E-state index in [9.17, 15) is 19.2 Å². The third-order valence-corrected chi connectivity index (χ3v) is 7.40. The van der Waals surface area contributed by atoms with Gasteiger partial charge in [0.05, 0.1) is 24.0 Å². The van der Waals surface area contributed by atoms with Crippen LogP contribution < -0.4 is 5.32 Å². The first-order valence-corrected chi connectivity index (χ1v) is 11.4. The van der Waals surface area contributed by atoms with E-state index < -0.39 is 17.9 Å². The number of imide groups is 1. The highest BCUT2D eigenvalue weighted by molar-refractivity contribution is 6.10. The quantitative estimate of drug-likeness (QED) is 0.421. The van der Waals surface area contributed by atoms with Gasteiger partial charge in [-0.15, -0.1) is 0 Å². The van der Waals surface area contributed by atoms with Crippen molar-refractivity contribution in [3.05, 3.63) is 42.0 Å². The number of carbonyl (C=O) groups is 4. The number of esters is 1. The van der Waals surface area contributed by atoms with Crippen LogP contribution in [0.4, 0.5) is 5.69 Å². The Bertz CT molecular complexity index is 978. The lowest BCUT2D eigenvalue weighted by molar-refractivity contribution is -0.146. The van der Waals surface area contributed by atoms with Gasteiger partial charge in [0.15, 0.2) is 0 Å². The molecule has 0 spiro atoms. The molecule has 7 atom stereocenters. The van der Waals surface area contributed by atoms with E-state index >= 15 is 0 Å². The minimum atomic E-state index is -0.896. The molecule has 2 bridgehead atoms. The van der Waals surface area contributed by atoms with Crippen LogP contribution in [0.2, 0.25) is 0 Å². The summed E-state index contributed by atoms with van der Waals surface area (Å²) in [4.78, 5) is 52.5. The molecule has 5 aliphatic rings. The monoisotopic (exact) mass is 436 g/mol. The van der Waals surface area contributed by atoms with E-state index in [0.717, 1.165) is 6.42 Å². The molecule has 6 rings (SSSR count). The highest BCUT2D eigenvalue weighted by Crippen LogP contribution is 2.65. The van der Waals surface area contributed by atoms with E-state index in [-0.39, 0.29) is 41.4 Å². The van der Waals surface area contributed by atoms with Crippen molar-refractivity contribution < 1.29 is 23.9 Å². The second-order valence-electron chi connectivity index (χ2n) is 9.94. The number of nitrogens with zero attached hydrogens (tertiary/aromatic N) is 1. The number of benzene rings is 1. The zero-order valence-electron chi connectivity index (χ0n) is 18.5. The van der Waals surface area contributed by atoms with Crippen LogP contribution in [0.3, 0.4) is 0 Å². The standard InChI is InChI=1S/C25H28N2O5/c1-12(2)11-32-25(31)14-4-6-15(7-5-14)26-22(28)13(3)27-23(29)20-16-8-9-17(19-10-18(16)19)21(20)24(27)30/h4-9,12-13,16-21H,10-11H2,1-3H3,(H,26,28)/t13-,16-,17-,18-,19-,20+,21+/m0/s1. The maximum absolute atomic E-state index is 13.2. The van der Waals surface area contributed by atoms with Crippen LogP contribution in [-0.2, 0) is 19.1 Å². The maximum atomic E-state index is 13.2. The maximum Gasteiger partial charge on any atom is 0.338 e. The summed E-state index contributed by atoms with van der Waals surface area (Å²) in [6.45, 7) is 5.85. The van der Waals surface area contributed by atoms with Crippen LogP contribution in [0.1, 0.15) is 37.6 Å². The number of ether oxygens (including phenoxy) is 1. The first-order valence-electron chi connectivity index (χ1n) is 11.4. The van der Waals surface area contributed by atoms with Gasteiger partial charge in [-0.3, -0.25) is 19.3 Å². The number of amides is 3. The van der Waals surface area contributed by atoms with Crippen molar-refractivity contribution in [1.82, 2.24) is 4.90 Å². The average molecular weight is 437 g/mol. The fourth-order valence-electron chi connectivity index (χ4n) is 5.74. The highest BCUT2D eigenvalue weighted by Gasteiger charge is 2.67. The summed E-state index contributed by atoms with van der Waals surface area (Å²) in [7, 11) is 0. The number of likely N-dealkylation sites (tertiary alicyclic amines) is 1. The molecule has 7 nitrogen and oxygen atoms in total. The van der Waals surface area contributed by atoms with Gasteiger partial charge in [-0.05, 0) is 67.2 Å². The van der Waals surface area contributed by atoms with Crippen LogP contribution in [0.25, 0.3) is 0 Å². The van der Waals surface area contributed by atoms with Gasteiger partial charge >= 0.3 is 5.97 Å². The third-order valence-electron chi connectivity index (χ3n) is 7.40. The molecular weight excluding hydrogens is 408 g/mol. The van der Waals surface area contributed by atoms with Gasteiger partial charge in [0.1, 0.15) is 6.04 Å². The summed E-state index contributed by atoms with van der Waals surface area (Å²) in [5.41, 5.74) is 0.883. The van der Waals surface area contributed by atoms with E-state index in [2.05, 4.69) is 17.5 Å². The van der Waals surface area contributed by atoms with Gasteiger partial charge in [0.25, 0.3) is 0 Å². The van der Waals surface area contributed by atoms with E-state index in [1.165, 1.54) is 4.90 Å².